The van der Waals surface area contributed by atoms with Gasteiger partial charge in [-0.05, 0) is 18.9 Å². The van der Waals surface area contributed by atoms with Gasteiger partial charge in [0.2, 0.25) is 0 Å². The highest BCUT2D eigenvalue weighted by Crippen LogP contribution is 2.24. The molecule has 0 unspecified atom stereocenters. The molecule has 7 heteroatoms. The predicted octanol–water partition coefficient (Wildman–Crippen LogP) is -5.76. The normalized spacial score (nSPS) is 22.9. The zero-order valence-corrected chi connectivity index (χ0v) is 17.7. The summed E-state index contributed by atoms with van der Waals surface area (Å²) in [5, 5.41) is 0. The number of nitrogens with one attached hydrogen (secondary N) is 2. The molecule has 2 fully saturated rings. The van der Waals surface area contributed by atoms with Gasteiger partial charge in [-0.1, -0.05) is 31.4 Å². The molecule has 5 nitrogen and oxygen atoms in total. The van der Waals surface area contributed by atoms with Gasteiger partial charge in [-0.25, -0.2) is 0 Å². The van der Waals surface area contributed by atoms with E-state index in [-0.39, 0.29) is 36.7 Å². The smallest absolute Gasteiger partial charge is 0.309 e. The standard InChI is InChI=1S/C20H30N2O3.2ClH/c1-24-19-10-6-5-9-18(19)22-13-11-21(12-14-22)15-16-25-20(23)17-7-3-2-4-8-17;;/h5-6,9-10,17H,2-4,7-8,11-16H2,1H3;2*1H. The SMILES string of the molecule is COc1ccccc1[NH+]1CC[NH+](CCOC(=O)C2CCCCC2)CC1.[Cl-].[Cl-]. The van der Waals surface area contributed by atoms with Crippen molar-refractivity contribution in [3.05, 3.63) is 24.3 Å². The number of halogens is 2. The van der Waals surface area contributed by atoms with Gasteiger partial charge in [-0.15, -0.1) is 0 Å². The maximum Gasteiger partial charge on any atom is 0.309 e. The molecular formula is C20H32Cl2N2O3. The number of para-hydroxylation sites is 2. The highest BCUT2D eigenvalue weighted by molar-refractivity contribution is 5.72. The van der Waals surface area contributed by atoms with Crippen LogP contribution in [0.4, 0.5) is 5.69 Å². The summed E-state index contributed by atoms with van der Waals surface area (Å²) in [5.74, 6) is 1.18. The Balaban J connectivity index is 0.00000182. The Morgan fingerprint density at radius 1 is 1.04 bits per heavy atom. The molecule has 27 heavy (non-hydrogen) atoms. The third-order valence-electron chi connectivity index (χ3n) is 5.69. The molecule has 2 N–H and O–H groups in total. The van der Waals surface area contributed by atoms with Gasteiger partial charge in [0.05, 0.1) is 13.0 Å². The second kappa shape index (κ2) is 12.4. The second-order valence-electron chi connectivity index (χ2n) is 7.31. The van der Waals surface area contributed by atoms with Crippen molar-refractivity contribution in [1.82, 2.24) is 0 Å². The number of rotatable bonds is 6. The summed E-state index contributed by atoms with van der Waals surface area (Å²) in [7, 11) is 1.74. The van der Waals surface area contributed by atoms with Crippen molar-refractivity contribution < 1.29 is 48.9 Å². The van der Waals surface area contributed by atoms with Crippen molar-refractivity contribution in [1.29, 1.82) is 0 Å². The molecule has 3 rings (SSSR count). The Labute approximate surface area is 175 Å². The van der Waals surface area contributed by atoms with Gasteiger partial charge < -0.3 is 39.2 Å². The Morgan fingerprint density at radius 2 is 1.70 bits per heavy atom. The third-order valence-corrected chi connectivity index (χ3v) is 5.69. The molecule has 1 aliphatic carbocycles. The van der Waals surface area contributed by atoms with Crippen LogP contribution >= 0.6 is 0 Å². The Hall–Kier alpha value is -1.01. The molecule has 0 atom stereocenters. The summed E-state index contributed by atoms with van der Waals surface area (Å²) >= 11 is 0. The third kappa shape index (κ3) is 6.83. The fourth-order valence-electron chi connectivity index (χ4n) is 4.11. The first-order valence-corrected chi connectivity index (χ1v) is 9.76. The monoisotopic (exact) mass is 418 g/mol. The lowest BCUT2D eigenvalue weighted by Gasteiger charge is -2.30. The molecule has 0 radical (unpaired) electrons. The van der Waals surface area contributed by atoms with Crippen LogP contribution < -0.4 is 39.4 Å². The number of carbonyl (C=O) groups excluding carboxylic acids is 1. The van der Waals surface area contributed by atoms with Crippen LogP contribution in [-0.4, -0.2) is 52.4 Å². The quantitative estimate of drug-likeness (QED) is 0.452. The van der Waals surface area contributed by atoms with Crippen molar-refractivity contribution in [2.24, 2.45) is 5.92 Å². The van der Waals surface area contributed by atoms with Crippen molar-refractivity contribution in [3.8, 4) is 5.75 Å². The molecule has 0 bridgehead atoms. The molecule has 1 saturated heterocycles. The van der Waals surface area contributed by atoms with Crippen LogP contribution in [0.3, 0.4) is 0 Å². The number of esters is 1. The van der Waals surface area contributed by atoms with Crippen LogP contribution in [0.2, 0.25) is 0 Å². The zero-order chi connectivity index (χ0) is 17.5. The minimum Gasteiger partial charge on any atom is -1.00 e. The molecule has 0 amide bonds. The number of piperazine rings is 1. The van der Waals surface area contributed by atoms with Crippen molar-refractivity contribution in [2.75, 3.05) is 46.4 Å². The number of methoxy groups -OCH3 is 1. The lowest BCUT2D eigenvalue weighted by atomic mass is 9.89. The molecule has 1 heterocycles. The van der Waals surface area contributed by atoms with E-state index in [1.54, 1.807) is 7.11 Å². The maximum absolute atomic E-state index is 12.1. The summed E-state index contributed by atoms with van der Waals surface area (Å²) in [6, 6.07) is 8.29. The lowest BCUT2D eigenvalue weighted by molar-refractivity contribution is -0.986. The van der Waals surface area contributed by atoms with Gasteiger partial charge >= 0.3 is 5.97 Å². The fourth-order valence-corrected chi connectivity index (χ4v) is 4.11. The maximum atomic E-state index is 12.1. The molecule has 1 aliphatic heterocycles. The second-order valence-corrected chi connectivity index (χ2v) is 7.31. The molecule has 0 spiro atoms. The van der Waals surface area contributed by atoms with Crippen LogP contribution in [0.25, 0.3) is 0 Å². The van der Waals surface area contributed by atoms with Gasteiger partial charge in [0, 0.05) is 6.07 Å². The molecular weight excluding hydrogens is 387 g/mol. The number of quaternary nitrogens is 2. The van der Waals surface area contributed by atoms with E-state index in [2.05, 4.69) is 12.1 Å². The lowest BCUT2D eigenvalue weighted by Crippen LogP contribution is -3.26. The van der Waals surface area contributed by atoms with Crippen LogP contribution in [0.15, 0.2) is 24.3 Å². The summed E-state index contributed by atoms with van der Waals surface area (Å²) in [6.45, 7) is 5.88. The minimum atomic E-state index is 0. The fraction of sp³-hybridized carbons (Fsp3) is 0.650. The molecule has 0 aromatic heterocycles. The first-order chi connectivity index (χ1) is 12.3. The van der Waals surface area contributed by atoms with E-state index in [1.807, 2.05) is 12.1 Å². The number of hydrogen-bond acceptors (Lipinski definition) is 3. The Bertz CT molecular complexity index is 560. The summed E-state index contributed by atoms with van der Waals surface area (Å²) in [5.41, 5.74) is 1.26. The number of carbonyl (C=O) groups is 1. The van der Waals surface area contributed by atoms with Crippen molar-refractivity contribution in [3.63, 3.8) is 0 Å². The average molecular weight is 419 g/mol. The van der Waals surface area contributed by atoms with E-state index in [0.717, 1.165) is 51.3 Å². The Morgan fingerprint density at radius 3 is 2.37 bits per heavy atom. The number of hydrogen-bond donors (Lipinski definition) is 2. The van der Waals surface area contributed by atoms with E-state index in [4.69, 9.17) is 9.47 Å². The highest BCUT2D eigenvalue weighted by Gasteiger charge is 2.27. The van der Waals surface area contributed by atoms with E-state index >= 15 is 0 Å². The molecule has 154 valence electrons. The van der Waals surface area contributed by atoms with Crippen LogP contribution in [0.5, 0.6) is 5.75 Å². The largest absolute Gasteiger partial charge is 1.00 e. The van der Waals surface area contributed by atoms with Gasteiger partial charge in [-0.3, -0.25) is 9.69 Å². The summed E-state index contributed by atoms with van der Waals surface area (Å²) < 4.78 is 11.0. The molecule has 1 aromatic rings. The zero-order valence-electron chi connectivity index (χ0n) is 16.1. The minimum absolute atomic E-state index is 0. The first-order valence-electron chi connectivity index (χ1n) is 9.76. The van der Waals surface area contributed by atoms with E-state index in [0.29, 0.717) is 6.61 Å². The highest BCUT2D eigenvalue weighted by atomic mass is 35.5. The summed E-state index contributed by atoms with van der Waals surface area (Å²) in [4.78, 5) is 15.1. The van der Waals surface area contributed by atoms with E-state index in [9.17, 15) is 4.79 Å². The van der Waals surface area contributed by atoms with Crippen LogP contribution in [0, 0.1) is 5.92 Å². The van der Waals surface area contributed by atoms with Gasteiger partial charge in [-0.2, -0.15) is 0 Å². The van der Waals surface area contributed by atoms with Gasteiger partial charge in [0.1, 0.15) is 39.3 Å². The van der Waals surface area contributed by atoms with Gasteiger partial charge in [0.15, 0.2) is 11.4 Å². The molecule has 2 aliphatic rings. The number of ether oxygens (including phenoxy) is 2. The predicted molar refractivity (Wildman–Crippen MR) is 96.4 cm³/mol. The topological polar surface area (TPSA) is 44.4 Å². The van der Waals surface area contributed by atoms with Gasteiger partial charge in [0.25, 0.3) is 0 Å². The van der Waals surface area contributed by atoms with Crippen LogP contribution in [0.1, 0.15) is 32.1 Å². The van der Waals surface area contributed by atoms with Crippen molar-refractivity contribution in [2.45, 2.75) is 32.1 Å². The van der Waals surface area contributed by atoms with E-state index in [1.165, 1.54) is 34.7 Å². The molecule has 1 saturated carbocycles. The van der Waals surface area contributed by atoms with E-state index < -0.39 is 0 Å². The van der Waals surface area contributed by atoms with Crippen LogP contribution in [-0.2, 0) is 9.53 Å². The Kier molecular flexibility index (Phi) is 11.1. The van der Waals surface area contributed by atoms with Crippen molar-refractivity contribution >= 4 is 11.7 Å². The first kappa shape index (κ1) is 24.0. The average Bonchev–Trinajstić information content (AvgIpc) is 2.69. The summed E-state index contributed by atoms with van der Waals surface area (Å²) in [6.07, 6.45) is 5.67. The number of benzene rings is 1. The molecule has 1 aromatic carbocycles.